The number of fused-ring (bicyclic) bond motifs is 1. The van der Waals surface area contributed by atoms with E-state index in [9.17, 15) is 19.5 Å². The molecule has 2 amide bonds. The molecule has 2 aromatic rings. The topological polar surface area (TPSA) is 95.9 Å². The van der Waals surface area contributed by atoms with Crippen LogP contribution in [0.1, 0.15) is 31.9 Å². The highest BCUT2D eigenvalue weighted by Crippen LogP contribution is 2.60. The van der Waals surface area contributed by atoms with E-state index in [2.05, 4.69) is 5.32 Å². The van der Waals surface area contributed by atoms with Crippen LogP contribution >= 0.6 is 11.8 Å². The first kappa shape index (κ1) is 23.2. The van der Waals surface area contributed by atoms with Crippen LogP contribution in [0.25, 0.3) is 0 Å². The molecule has 0 radical (unpaired) electrons. The minimum Gasteiger partial charge on any atom is -0.479 e. The van der Waals surface area contributed by atoms with Gasteiger partial charge in [0.05, 0.1) is 11.3 Å². The Morgan fingerprint density at radius 2 is 1.67 bits per heavy atom. The van der Waals surface area contributed by atoms with Gasteiger partial charge in [0.25, 0.3) is 0 Å². The maximum Gasteiger partial charge on any atom is 0.407 e. The van der Waals surface area contributed by atoms with Crippen molar-refractivity contribution in [3.63, 3.8) is 0 Å². The van der Waals surface area contributed by atoms with E-state index in [4.69, 9.17) is 4.74 Å². The molecule has 0 saturated carbocycles. The first-order valence-electron chi connectivity index (χ1n) is 10.9. The fourth-order valence-corrected chi connectivity index (χ4v) is 6.78. The van der Waals surface area contributed by atoms with Crippen molar-refractivity contribution in [3.8, 4) is 0 Å². The van der Waals surface area contributed by atoms with Gasteiger partial charge in [-0.25, -0.2) is 9.59 Å². The summed E-state index contributed by atoms with van der Waals surface area (Å²) in [4.78, 5) is 39.8. The van der Waals surface area contributed by atoms with Gasteiger partial charge in [0.2, 0.25) is 5.91 Å². The molecule has 2 aliphatic heterocycles. The molecule has 0 spiro atoms. The summed E-state index contributed by atoms with van der Waals surface area (Å²) in [5, 5.41) is 12.8. The first-order valence-corrected chi connectivity index (χ1v) is 11.8. The van der Waals surface area contributed by atoms with Crippen LogP contribution in [0.5, 0.6) is 0 Å². The second-order valence-corrected chi connectivity index (χ2v) is 10.8. The number of hydrogen-bond acceptors (Lipinski definition) is 5. The van der Waals surface area contributed by atoms with Crippen molar-refractivity contribution in [3.05, 3.63) is 71.8 Å². The molecule has 0 aliphatic carbocycles. The zero-order valence-electron chi connectivity index (χ0n) is 18.9. The zero-order chi connectivity index (χ0) is 23.8. The van der Waals surface area contributed by atoms with Crippen LogP contribution in [-0.4, -0.2) is 49.7 Å². The molecule has 0 bridgehead atoms. The number of alkyl carbamates (subject to hydrolysis) is 1. The summed E-state index contributed by atoms with van der Waals surface area (Å²) in [6, 6.07) is 18.2. The van der Waals surface area contributed by atoms with Gasteiger partial charge in [0, 0.05) is 17.2 Å². The molecule has 8 heteroatoms. The van der Waals surface area contributed by atoms with Crippen LogP contribution in [0, 0.1) is 5.92 Å². The summed E-state index contributed by atoms with van der Waals surface area (Å²) in [6.07, 6.45) is -0.382. The van der Waals surface area contributed by atoms with Gasteiger partial charge in [0.1, 0.15) is 6.61 Å². The highest BCUT2D eigenvalue weighted by Gasteiger charge is 2.73. The van der Waals surface area contributed by atoms with E-state index in [1.54, 1.807) is 6.92 Å². The van der Waals surface area contributed by atoms with Gasteiger partial charge >= 0.3 is 12.1 Å². The van der Waals surface area contributed by atoms with E-state index < -0.39 is 34.3 Å². The highest BCUT2D eigenvalue weighted by molar-refractivity contribution is 8.01. The lowest BCUT2D eigenvalue weighted by Crippen LogP contribution is -2.73. The smallest absolute Gasteiger partial charge is 0.407 e. The number of nitrogens with one attached hydrogen (secondary N) is 1. The number of rotatable bonds is 7. The summed E-state index contributed by atoms with van der Waals surface area (Å²) in [5.74, 6) is -1.79. The number of carboxylic acids is 1. The Kier molecular flexibility index (Phi) is 6.14. The van der Waals surface area contributed by atoms with Crippen LogP contribution in [0.2, 0.25) is 0 Å². The normalized spacial score (nSPS) is 26.2. The molecule has 1 unspecified atom stereocenters. The molecule has 174 valence electrons. The van der Waals surface area contributed by atoms with E-state index in [-0.39, 0.29) is 24.3 Å². The minimum absolute atomic E-state index is 0.133. The van der Waals surface area contributed by atoms with E-state index in [1.165, 1.54) is 16.7 Å². The average molecular weight is 469 g/mol. The lowest BCUT2D eigenvalue weighted by molar-refractivity contribution is -0.175. The molecule has 2 aromatic carbocycles. The van der Waals surface area contributed by atoms with Crippen molar-refractivity contribution in [2.75, 3.05) is 0 Å². The predicted octanol–water partition coefficient (Wildman–Crippen LogP) is 3.68. The van der Waals surface area contributed by atoms with Gasteiger partial charge in [0.15, 0.2) is 5.54 Å². The summed E-state index contributed by atoms with van der Waals surface area (Å²) in [7, 11) is 0. The standard InChI is InChI=1S/C25H28N2O5S/c1-16(26-23(31)32-15-18-12-8-5-9-13-18)19-20(28)27-21(19)33-24(2,3)25(27,22(29)30)14-17-10-6-4-7-11-17/h4-13,16,19,21H,14-15H2,1-3H3,(H,26,31)(H,29,30)/t16?,19-,21-,25+/m1/s1. The summed E-state index contributed by atoms with van der Waals surface area (Å²) in [6.45, 7) is 5.65. The Hall–Kier alpha value is -3.00. The third-order valence-electron chi connectivity index (χ3n) is 6.66. The molecule has 2 saturated heterocycles. The fourth-order valence-electron chi connectivity index (χ4n) is 4.83. The van der Waals surface area contributed by atoms with E-state index in [1.807, 2.05) is 74.5 Å². The molecular weight excluding hydrogens is 440 g/mol. The Morgan fingerprint density at radius 1 is 1.09 bits per heavy atom. The third kappa shape index (κ3) is 3.97. The van der Waals surface area contributed by atoms with Gasteiger partial charge in [-0.3, -0.25) is 4.79 Å². The summed E-state index contributed by atoms with van der Waals surface area (Å²) >= 11 is 1.48. The van der Waals surface area contributed by atoms with E-state index in [0.29, 0.717) is 0 Å². The summed E-state index contributed by atoms with van der Waals surface area (Å²) < 4.78 is 4.56. The molecule has 2 fully saturated rings. The van der Waals surface area contributed by atoms with Gasteiger partial charge in [-0.05, 0) is 31.9 Å². The number of amides is 2. The summed E-state index contributed by atoms with van der Waals surface area (Å²) in [5.41, 5.74) is 0.359. The maximum absolute atomic E-state index is 13.3. The van der Waals surface area contributed by atoms with E-state index in [0.717, 1.165) is 11.1 Å². The minimum atomic E-state index is -1.37. The lowest BCUT2D eigenvalue weighted by Gasteiger charge is -2.51. The molecule has 2 aliphatic rings. The van der Waals surface area contributed by atoms with Crippen LogP contribution in [0.15, 0.2) is 60.7 Å². The maximum atomic E-state index is 13.3. The molecule has 33 heavy (non-hydrogen) atoms. The third-order valence-corrected chi connectivity index (χ3v) is 8.33. The Balaban J connectivity index is 1.48. The highest BCUT2D eigenvalue weighted by atomic mass is 32.2. The van der Waals surface area contributed by atoms with Crippen LogP contribution < -0.4 is 5.32 Å². The van der Waals surface area contributed by atoms with Gasteiger partial charge in [-0.15, -0.1) is 11.8 Å². The number of carbonyl (C=O) groups excluding carboxylic acids is 2. The number of carbonyl (C=O) groups is 3. The second kappa shape index (κ2) is 8.74. The molecule has 4 atom stereocenters. The molecule has 0 aromatic heterocycles. The SMILES string of the molecule is CC(NC(=O)OCc1ccccc1)[C@@H]1C(=O)N2[C@@H]1SC(C)(C)[C@]2(Cc1ccccc1)C(=O)O. The number of hydrogen-bond donors (Lipinski definition) is 2. The number of ether oxygens (including phenoxy) is 1. The number of thioether (sulfide) groups is 1. The Labute approximate surface area is 197 Å². The van der Waals surface area contributed by atoms with Crippen molar-refractivity contribution in [2.45, 2.75) is 55.5 Å². The van der Waals surface area contributed by atoms with Crippen LogP contribution in [0.3, 0.4) is 0 Å². The molecule has 2 N–H and O–H groups in total. The quantitative estimate of drug-likeness (QED) is 0.602. The van der Waals surface area contributed by atoms with Crippen LogP contribution in [0.4, 0.5) is 4.79 Å². The molecule has 7 nitrogen and oxygen atoms in total. The Morgan fingerprint density at radius 3 is 2.24 bits per heavy atom. The molecule has 4 rings (SSSR count). The second-order valence-electron chi connectivity index (χ2n) is 9.08. The molecule has 2 heterocycles. The average Bonchev–Trinajstić information content (AvgIpc) is 2.97. The van der Waals surface area contributed by atoms with E-state index >= 15 is 0 Å². The van der Waals surface area contributed by atoms with Crippen LogP contribution in [-0.2, 0) is 27.4 Å². The predicted molar refractivity (Wildman–Crippen MR) is 126 cm³/mol. The zero-order valence-corrected chi connectivity index (χ0v) is 19.7. The van der Waals surface area contributed by atoms with Crippen molar-refractivity contribution >= 4 is 29.7 Å². The molecular formula is C25H28N2O5S. The number of β-lactam (4-membered cyclic amide) rings is 1. The fraction of sp³-hybridized carbons (Fsp3) is 0.400. The number of benzene rings is 2. The van der Waals surface area contributed by atoms with Gasteiger partial charge in [-0.2, -0.15) is 0 Å². The van der Waals surface area contributed by atoms with Crippen molar-refractivity contribution < 1.29 is 24.2 Å². The Bertz CT molecular complexity index is 1050. The monoisotopic (exact) mass is 468 g/mol. The van der Waals surface area contributed by atoms with Crippen molar-refractivity contribution in [1.82, 2.24) is 10.2 Å². The first-order chi connectivity index (χ1) is 15.7. The number of aliphatic carboxylic acids is 1. The van der Waals surface area contributed by atoms with Gasteiger partial charge < -0.3 is 20.1 Å². The number of nitrogens with zero attached hydrogens (tertiary/aromatic N) is 1. The van der Waals surface area contributed by atoms with Crippen molar-refractivity contribution in [1.29, 1.82) is 0 Å². The lowest BCUT2D eigenvalue weighted by atomic mass is 9.74. The largest absolute Gasteiger partial charge is 0.479 e. The van der Waals surface area contributed by atoms with Crippen molar-refractivity contribution in [2.24, 2.45) is 5.92 Å². The van der Waals surface area contributed by atoms with Gasteiger partial charge in [-0.1, -0.05) is 60.7 Å². The number of carboxylic acid groups (broad SMARTS) is 1.